The monoisotopic (exact) mass is 297 g/mol. The van der Waals surface area contributed by atoms with Gasteiger partial charge in [0.25, 0.3) is 0 Å². The number of fused-ring (bicyclic) bond motifs is 3. The predicted molar refractivity (Wildman–Crippen MR) is 87.0 cm³/mol. The van der Waals surface area contributed by atoms with E-state index in [1.54, 1.807) is 17.3 Å². The minimum atomic E-state index is -0.139. The predicted octanol–water partition coefficient (Wildman–Crippen LogP) is 2.45. The summed E-state index contributed by atoms with van der Waals surface area (Å²) in [6, 6.07) is 7.28. The first-order chi connectivity index (χ1) is 10.7. The number of urea groups is 1. The average Bonchev–Trinajstić information content (AvgIpc) is 2.63. The largest absolute Gasteiger partial charge is 0.326 e. The lowest BCUT2D eigenvalue weighted by atomic mass is 10.2. The molecular formula is C16H19N5O. The van der Waals surface area contributed by atoms with Crippen molar-refractivity contribution in [3.63, 3.8) is 0 Å². The molecule has 3 rings (SSSR count). The van der Waals surface area contributed by atoms with E-state index in [0.29, 0.717) is 17.9 Å². The van der Waals surface area contributed by atoms with Crippen molar-refractivity contribution in [1.82, 2.24) is 14.9 Å². The molecule has 1 aliphatic heterocycles. The highest BCUT2D eigenvalue weighted by Crippen LogP contribution is 2.35. The van der Waals surface area contributed by atoms with E-state index in [9.17, 15) is 4.79 Å². The molecule has 2 amide bonds. The van der Waals surface area contributed by atoms with Crippen molar-refractivity contribution in [2.24, 2.45) is 0 Å². The highest BCUT2D eigenvalue weighted by Gasteiger charge is 2.26. The van der Waals surface area contributed by atoms with E-state index in [4.69, 9.17) is 0 Å². The van der Waals surface area contributed by atoms with Gasteiger partial charge < -0.3 is 10.2 Å². The van der Waals surface area contributed by atoms with Gasteiger partial charge in [0.2, 0.25) is 0 Å². The first kappa shape index (κ1) is 14.5. The highest BCUT2D eigenvalue weighted by molar-refractivity contribution is 6.08. The van der Waals surface area contributed by atoms with Crippen LogP contribution in [0.1, 0.15) is 6.42 Å². The Hall–Kier alpha value is -2.47. The lowest BCUT2D eigenvalue weighted by Crippen LogP contribution is -2.36. The Morgan fingerprint density at radius 3 is 2.64 bits per heavy atom. The SMILES string of the molecule is CN(C)CCCN1C(=O)Nc2cccnc2-c2ncccc21. The molecule has 0 radical (unpaired) electrons. The van der Waals surface area contributed by atoms with Crippen LogP contribution in [-0.2, 0) is 0 Å². The fourth-order valence-corrected chi connectivity index (χ4v) is 2.55. The van der Waals surface area contributed by atoms with Crippen LogP contribution in [0.4, 0.5) is 16.2 Å². The Bertz CT molecular complexity index is 686. The van der Waals surface area contributed by atoms with Crippen molar-refractivity contribution >= 4 is 17.4 Å². The quantitative estimate of drug-likeness (QED) is 0.941. The normalized spacial score (nSPS) is 13.4. The number of pyridine rings is 2. The summed E-state index contributed by atoms with van der Waals surface area (Å²) < 4.78 is 0. The Kier molecular flexibility index (Phi) is 4.02. The van der Waals surface area contributed by atoms with Crippen LogP contribution < -0.4 is 10.2 Å². The van der Waals surface area contributed by atoms with Crippen molar-refractivity contribution in [2.45, 2.75) is 6.42 Å². The van der Waals surface area contributed by atoms with Crippen molar-refractivity contribution < 1.29 is 4.79 Å². The zero-order valence-electron chi connectivity index (χ0n) is 12.8. The summed E-state index contributed by atoms with van der Waals surface area (Å²) in [4.78, 5) is 25.2. The standard InChI is InChI=1S/C16H19N5O/c1-20(2)10-5-11-21-13-7-4-9-18-15(13)14-12(19-16(21)22)6-3-8-17-14/h3-4,6-9H,5,10-11H2,1-2H3,(H,19,22). The van der Waals surface area contributed by atoms with E-state index in [1.165, 1.54) is 0 Å². The number of rotatable bonds is 4. The molecule has 114 valence electrons. The molecule has 0 saturated heterocycles. The van der Waals surface area contributed by atoms with Gasteiger partial charge in [-0.05, 0) is 51.3 Å². The first-order valence-electron chi connectivity index (χ1n) is 7.30. The van der Waals surface area contributed by atoms with Crippen LogP contribution in [0.25, 0.3) is 11.4 Å². The molecule has 1 N–H and O–H groups in total. The van der Waals surface area contributed by atoms with Gasteiger partial charge in [-0.25, -0.2) is 4.79 Å². The maximum absolute atomic E-state index is 12.6. The van der Waals surface area contributed by atoms with Crippen molar-refractivity contribution in [3.8, 4) is 11.4 Å². The summed E-state index contributed by atoms with van der Waals surface area (Å²) in [6.07, 6.45) is 4.33. The molecule has 0 saturated carbocycles. The second-order valence-electron chi connectivity index (χ2n) is 5.51. The molecule has 0 aromatic carbocycles. The number of aromatic nitrogens is 2. The molecule has 1 aliphatic rings. The van der Waals surface area contributed by atoms with Crippen molar-refractivity contribution in [2.75, 3.05) is 37.4 Å². The van der Waals surface area contributed by atoms with Gasteiger partial charge in [0.1, 0.15) is 11.4 Å². The zero-order chi connectivity index (χ0) is 15.5. The zero-order valence-corrected chi connectivity index (χ0v) is 12.8. The molecule has 2 aromatic heterocycles. The van der Waals surface area contributed by atoms with Crippen molar-refractivity contribution in [1.29, 1.82) is 0 Å². The second-order valence-corrected chi connectivity index (χ2v) is 5.51. The van der Waals surface area contributed by atoms with E-state index in [0.717, 1.165) is 24.3 Å². The van der Waals surface area contributed by atoms with Crippen LogP contribution in [0.3, 0.4) is 0 Å². The second kappa shape index (κ2) is 6.11. The van der Waals surface area contributed by atoms with Gasteiger partial charge in [-0.2, -0.15) is 0 Å². The summed E-state index contributed by atoms with van der Waals surface area (Å²) in [5, 5.41) is 2.93. The number of hydrogen-bond donors (Lipinski definition) is 1. The maximum atomic E-state index is 12.6. The molecule has 0 aliphatic carbocycles. The maximum Gasteiger partial charge on any atom is 0.326 e. The van der Waals surface area contributed by atoms with Crippen LogP contribution >= 0.6 is 0 Å². The number of amides is 2. The van der Waals surface area contributed by atoms with Crippen LogP contribution in [0.15, 0.2) is 36.7 Å². The molecule has 2 aromatic rings. The van der Waals surface area contributed by atoms with Gasteiger partial charge in [0.15, 0.2) is 0 Å². The van der Waals surface area contributed by atoms with Gasteiger partial charge in [0, 0.05) is 18.9 Å². The number of hydrogen-bond acceptors (Lipinski definition) is 4. The van der Waals surface area contributed by atoms with Gasteiger partial charge >= 0.3 is 6.03 Å². The Balaban J connectivity index is 1.98. The number of nitrogens with zero attached hydrogens (tertiary/aromatic N) is 4. The lowest BCUT2D eigenvalue weighted by molar-refractivity contribution is 0.256. The Labute approximate surface area is 129 Å². The van der Waals surface area contributed by atoms with Crippen molar-refractivity contribution in [3.05, 3.63) is 36.7 Å². The molecule has 3 heterocycles. The van der Waals surface area contributed by atoms with E-state index in [-0.39, 0.29) is 6.03 Å². The summed E-state index contributed by atoms with van der Waals surface area (Å²) >= 11 is 0. The molecule has 0 fully saturated rings. The molecule has 0 unspecified atom stereocenters. The van der Waals surface area contributed by atoms with E-state index in [2.05, 4.69) is 20.2 Å². The lowest BCUT2D eigenvalue weighted by Gasteiger charge is -2.22. The number of anilines is 2. The fourth-order valence-electron chi connectivity index (χ4n) is 2.55. The third kappa shape index (κ3) is 2.78. The van der Waals surface area contributed by atoms with E-state index in [1.807, 2.05) is 38.4 Å². The number of nitrogens with one attached hydrogen (secondary N) is 1. The summed E-state index contributed by atoms with van der Waals surface area (Å²) in [5.74, 6) is 0. The fraction of sp³-hybridized carbons (Fsp3) is 0.312. The molecule has 6 heteroatoms. The summed E-state index contributed by atoms with van der Waals surface area (Å²) in [7, 11) is 4.05. The molecule has 6 nitrogen and oxygen atoms in total. The third-order valence-electron chi connectivity index (χ3n) is 3.58. The van der Waals surface area contributed by atoms with Crippen LogP contribution in [-0.4, -0.2) is 48.1 Å². The van der Waals surface area contributed by atoms with Gasteiger partial charge in [-0.3, -0.25) is 14.9 Å². The number of carbonyl (C=O) groups excluding carboxylic acids is 1. The topological polar surface area (TPSA) is 61.4 Å². The minimum Gasteiger partial charge on any atom is -0.309 e. The molecule has 0 bridgehead atoms. The molecule has 22 heavy (non-hydrogen) atoms. The van der Waals surface area contributed by atoms with Gasteiger partial charge in [0.05, 0.1) is 11.4 Å². The molecular weight excluding hydrogens is 278 g/mol. The molecule has 0 atom stereocenters. The van der Waals surface area contributed by atoms with Crippen LogP contribution in [0, 0.1) is 0 Å². The smallest absolute Gasteiger partial charge is 0.309 e. The first-order valence-corrected chi connectivity index (χ1v) is 7.30. The summed E-state index contributed by atoms with van der Waals surface area (Å²) in [5.41, 5.74) is 2.95. The van der Waals surface area contributed by atoms with Gasteiger partial charge in [-0.1, -0.05) is 0 Å². The third-order valence-corrected chi connectivity index (χ3v) is 3.58. The average molecular weight is 297 g/mol. The van der Waals surface area contributed by atoms with E-state index < -0.39 is 0 Å². The molecule has 0 spiro atoms. The van der Waals surface area contributed by atoms with Gasteiger partial charge in [-0.15, -0.1) is 0 Å². The van der Waals surface area contributed by atoms with Crippen LogP contribution in [0.2, 0.25) is 0 Å². The van der Waals surface area contributed by atoms with E-state index >= 15 is 0 Å². The highest BCUT2D eigenvalue weighted by atomic mass is 16.2. The Morgan fingerprint density at radius 2 is 1.86 bits per heavy atom. The van der Waals surface area contributed by atoms with Crippen LogP contribution in [0.5, 0.6) is 0 Å². The summed E-state index contributed by atoms with van der Waals surface area (Å²) in [6.45, 7) is 1.56. The minimum absolute atomic E-state index is 0.139. The number of carbonyl (C=O) groups is 1. The Morgan fingerprint density at radius 1 is 1.14 bits per heavy atom.